The third kappa shape index (κ3) is 4.35. The van der Waals surface area contributed by atoms with Crippen molar-refractivity contribution in [2.24, 2.45) is 0 Å². The highest BCUT2D eigenvalue weighted by Gasteiger charge is 2.19. The van der Waals surface area contributed by atoms with Crippen LogP contribution >= 0.6 is 28.1 Å². The first kappa shape index (κ1) is 17.8. The Morgan fingerprint density at radius 3 is 2.72 bits per heavy atom. The van der Waals surface area contributed by atoms with Crippen LogP contribution in [0.4, 0.5) is 5.69 Å². The standard InChI is InChI=1S/C18H17BrN2O3S/c19-14-6-7-17(16(11-14)18(25)20-8-1-2-9-20)24-12-13-4-3-5-15(10-13)21(22)23/h3-7,10-11H,1-2,8-9,12H2. The predicted octanol–water partition coefficient (Wildman–Crippen LogP) is 4.71. The van der Waals surface area contributed by atoms with Crippen LogP contribution in [-0.2, 0) is 6.61 Å². The van der Waals surface area contributed by atoms with E-state index < -0.39 is 4.92 Å². The molecule has 0 unspecified atom stereocenters. The molecule has 0 aliphatic carbocycles. The largest absolute Gasteiger partial charge is 0.488 e. The highest BCUT2D eigenvalue weighted by Crippen LogP contribution is 2.27. The number of nitrogens with zero attached hydrogens (tertiary/aromatic N) is 2. The van der Waals surface area contributed by atoms with E-state index in [1.54, 1.807) is 6.07 Å². The topological polar surface area (TPSA) is 55.6 Å². The molecular weight excluding hydrogens is 404 g/mol. The van der Waals surface area contributed by atoms with E-state index >= 15 is 0 Å². The summed E-state index contributed by atoms with van der Waals surface area (Å²) in [4.78, 5) is 13.5. The van der Waals surface area contributed by atoms with Crippen LogP contribution in [0.3, 0.4) is 0 Å². The van der Waals surface area contributed by atoms with Crippen molar-refractivity contribution < 1.29 is 9.66 Å². The minimum absolute atomic E-state index is 0.0599. The second-order valence-electron chi connectivity index (χ2n) is 5.86. The fourth-order valence-corrected chi connectivity index (χ4v) is 3.51. The van der Waals surface area contributed by atoms with Crippen LogP contribution in [0, 0.1) is 10.1 Å². The fourth-order valence-electron chi connectivity index (χ4n) is 2.81. The quantitative estimate of drug-likeness (QED) is 0.398. The third-order valence-electron chi connectivity index (χ3n) is 4.08. The number of likely N-dealkylation sites (tertiary alicyclic amines) is 1. The molecule has 0 radical (unpaired) electrons. The van der Waals surface area contributed by atoms with Crippen LogP contribution < -0.4 is 4.74 Å². The number of nitro benzene ring substituents is 1. The van der Waals surface area contributed by atoms with Crippen LogP contribution in [0.5, 0.6) is 5.75 Å². The number of hydrogen-bond acceptors (Lipinski definition) is 4. The van der Waals surface area contributed by atoms with Crippen molar-refractivity contribution in [3.05, 3.63) is 68.2 Å². The van der Waals surface area contributed by atoms with Crippen molar-refractivity contribution >= 4 is 38.8 Å². The van der Waals surface area contributed by atoms with Gasteiger partial charge in [0.25, 0.3) is 5.69 Å². The number of rotatable bonds is 5. The Morgan fingerprint density at radius 2 is 2.00 bits per heavy atom. The minimum atomic E-state index is -0.406. The predicted molar refractivity (Wildman–Crippen MR) is 104 cm³/mol. The molecule has 0 aromatic heterocycles. The normalized spacial score (nSPS) is 13.7. The lowest BCUT2D eigenvalue weighted by atomic mass is 10.1. The molecule has 0 amide bonds. The molecule has 1 fully saturated rings. The van der Waals surface area contributed by atoms with E-state index in [0.29, 0.717) is 5.75 Å². The van der Waals surface area contributed by atoms with Gasteiger partial charge in [-0.2, -0.15) is 0 Å². The first-order valence-corrected chi connectivity index (χ1v) is 9.19. The summed E-state index contributed by atoms with van der Waals surface area (Å²) in [6.07, 6.45) is 2.30. The lowest BCUT2D eigenvalue weighted by molar-refractivity contribution is -0.384. The molecule has 0 saturated carbocycles. The Morgan fingerprint density at radius 1 is 1.24 bits per heavy atom. The van der Waals surface area contributed by atoms with Gasteiger partial charge >= 0.3 is 0 Å². The highest BCUT2D eigenvalue weighted by atomic mass is 79.9. The van der Waals surface area contributed by atoms with Crippen molar-refractivity contribution in [1.29, 1.82) is 0 Å². The summed E-state index contributed by atoms with van der Waals surface area (Å²) >= 11 is 9.14. The van der Waals surface area contributed by atoms with Crippen LogP contribution in [0.15, 0.2) is 46.9 Å². The van der Waals surface area contributed by atoms with Crippen LogP contribution in [0.25, 0.3) is 0 Å². The molecule has 0 spiro atoms. The summed E-state index contributed by atoms with van der Waals surface area (Å²) in [7, 11) is 0. The number of benzene rings is 2. The average molecular weight is 421 g/mol. The van der Waals surface area contributed by atoms with Crippen molar-refractivity contribution in [3.8, 4) is 5.75 Å². The first-order valence-electron chi connectivity index (χ1n) is 7.99. The number of hydrogen-bond donors (Lipinski definition) is 0. The average Bonchev–Trinajstić information content (AvgIpc) is 3.15. The highest BCUT2D eigenvalue weighted by molar-refractivity contribution is 9.10. The lowest BCUT2D eigenvalue weighted by Gasteiger charge is -2.21. The zero-order valence-electron chi connectivity index (χ0n) is 13.5. The number of nitro groups is 1. The Hall–Kier alpha value is -1.99. The molecule has 1 aliphatic rings. The number of non-ortho nitro benzene ring substituents is 1. The maximum Gasteiger partial charge on any atom is 0.269 e. The van der Waals surface area contributed by atoms with Crippen molar-refractivity contribution in [1.82, 2.24) is 4.90 Å². The molecule has 7 heteroatoms. The second-order valence-corrected chi connectivity index (χ2v) is 7.16. The van der Waals surface area contributed by atoms with Gasteiger partial charge in [0, 0.05) is 29.7 Å². The van der Waals surface area contributed by atoms with Crippen LogP contribution in [0.2, 0.25) is 0 Å². The Balaban J connectivity index is 1.79. The Kier molecular flexibility index (Phi) is 5.65. The maximum absolute atomic E-state index is 10.9. The molecule has 1 heterocycles. The molecule has 25 heavy (non-hydrogen) atoms. The van der Waals surface area contributed by atoms with E-state index in [2.05, 4.69) is 20.8 Å². The van der Waals surface area contributed by atoms with Gasteiger partial charge < -0.3 is 9.64 Å². The smallest absolute Gasteiger partial charge is 0.269 e. The first-order chi connectivity index (χ1) is 12.0. The number of halogens is 1. The molecule has 2 aromatic carbocycles. The van der Waals surface area contributed by atoms with Gasteiger partial charge in [0.1, 0.15) is 17.3 Å². The molecule has 1 saturated heterocycles. The van der Waals surface area contributed by atoms with Crippen LogP contribution in [-0.4, -0.2) is 27.9 Å². The monoisotopic (exact) mass is 420 g/mol. The van der Waals surface area contributed by atoms with Gasteiger partial charge in [-0.05, 0) is 36.6 Å². The molecule has 3 rings (SSSR count). The SMILES string of the molecule is O=[N+]([O-])c1cccc(COc2ccc(Br)cc2C(=S)N2CCCC2)c1. The fraction of sp³-hybridized carbons (Fsp3) is 0.278. The third-order valence-corrected chi connectivity index (χ3v) is 5.05. The summed E-state index contributed by atoms with van der Waals surface area (Å²) < 4.78 is 6.87. The molecule has 0 bridgehead atoms. The van der Waals surface area contributed by atoms with Gasteiger partial charge in [-0.25, -0.2) is 0 Å². The van der Waals surface area contributed by atoms with E-state index in [-0.39, 0.29) is 12.3 Å². The van der Waals surface area contributed by atoms with Gasteiger partial charge in [-0.3, -0.25) is 10.1 Å². The molecule has 2 aromatic rings. The van der Waals surface area contributed by atoms with E-state index in [1.165, 1.54) is 12.1 Å². The van der Waals surface area contributed by atoms with Gasteiger partial charge in [0.2, 0.25) is 0 Å². The van der Waals surface area contributed by atoms with Crippen molar-refractivity contribution in [2.45, 2.75) is 19.4 Å². The summed E-state index contributed by atoms with van der Waals surface area (Å²) in [5.41, 5.74) is 1.68. The second kappa shape index (κ2) is 7.93. The van der Waals surface area contributed by atoms with Gasteiger partial charge in [-0.15, -0.1) is 0 Å². The van der Waals surface area contributed by atoms with Crippen molar-refractivity contribution in [3.63, 3.8) is 0 Å². The minimum Gasteiger partial charge on any atom is -0.488 e. The molecule has 1 aliphatic heterocycles. The number of ether oxygens (including phenoxy) is 1. The molecule has 0 atom stereocenters. The van der Waals surface area contributed by atoms with E-state index in [4.69, 9.17) is 17.0 Å². The van der Waals surface area contributed by atoms with Gasteiger partial charge in [-0.1, -0.05) is 40.3 Å². The Labute approximate surface area is 159 Å². The Bertz CT molecular complexity index is 807. The number of thiocarbonyl (C=S) groups is 1. The lowest BCUT2D eigenvalue weighted by Crippen LogP contribution is -2.27. The summed E-state index contributed by atoms with van der Waals surface area (Å²) in [5.74, 6) is 0.687. The van der Waals surface area contributed by atoms with E-state index in [9.17, 15) is 10.1 Å². The maximum atomic E-state index is 10.9. The molecule has 0 N–H and O–H groups in total. The van der Waals surface area contributed by atoms with Crippen LogP contribution in [0.1, 0.15) is 24.0 Å². The zero-order valence-corrected chi connectivity index (χ0v) is 15.9. The molecule has 5 nitrogen and oxygen atoms in total. The van der Waals surface area contributed by atoms with Crippen molar-refractivity contribution in [2.75, 3.05) is 13.1 Å². The summed E-state index contributed by atoms with van der Waals surface area (Å²) in [6, 6.07) is 12.2. The van der Waals surface area contributed by atoms with Gasteiger partial charge in [0.05, 0.1) is 10.5 Å². The van der Waals surface area contributed by atoms with E-state index in [0.717, 1.165) is 46.5 Å². The molecular formula is C18H17BrN2O3S. The van der Waals surface area contributed by atoms with E-state index in [1.807, 2.05) is 24.3 Å². The molecule has 130 valence electrons. The summed E-state index contributed by atoms with van der Waals surface area (Å²) in [6.45, 7) is 2.18. The van der Waals surface area contributed by atoms with Gasteiger partial charge in [0.15, 0.2) is 0 Å². The zero-order chi connectivity index (χ0) is 17.8. The summed E-state index contributed by atoms with van der Waals surface area (Å²) in [5, 5.41) is 10.9.